The van der Waals surface area contributed by atoms with Crippen molar-refractivity contribution in [2.24, 2.45) is 0 Å². The molecule has 0 saturated carbocycles. The SMILES string of the molecule is COc1cccc(OC)c1C(=O)NCCN1CCCCS1(=O)=O. The molecule has 0 aliphatic carbocycles. The second-order valence-electron chi connectivity index (χ2n) is 5.22. The van der Waals surface area contributed by atoms with E-state index in [1.165, 1.54) is 18.5 Å². The van der Waals surface area contributed by atoms with E-state index >= 15 is 0 Å². The molecule has 0 atom stereocenters. The average molecular weight is 342 g/mol. The summed E-state index contributed by atoms with van der Waals surface area (Å²) in [5.41, 5.74) is 0.305. The van der Waals surface area contributed by atoms with Crippen LogP contribution in [-0.2, 0) is 10.0 Å². The Bertz CT molecular complexity index is 638. The number of carbonyl (C=O) groups is 1. The van der Waals surface area contributed by atoms with E-state index in [4.69, 9.17) is 9.47 Å². The van der Waals surface area contributed by atoms with Gasteiger partial charge in [0.05, 0.1) is 20.0 Å². The summed E-state index contributed by atoms with van der Waals surface area (Å²) >= 11 is 0. The van der Waals surface area contributed by atoms with Crippen LogP contribution in [0.5, 0.6) is 11.5 Å². The highest BCUT2D eigenvalue weighted by atomic mass is 32.2. The lowest BCUT2D eigenvalue weighted by atomic mass is 10.1. The highest BCUT2D eigenvalue weighted by Crippen LogP contribution is 2.27. The van der Waals surface area contributed by atoms with Crippen LogP contribution in [0.3, 0.4) is 0 Å². The summed E-state index contributed by atoms with van der Waals surface area (Å²) in [6, 6.07) is 5.08. The molecule has 7 nitrogen and oxygen atoms in total. The fraction of sp³-hybridized carbons (Fsp3) is 0.533. The Hall–Kier alpha value is -1.80. The minimum atomic E-state index is -3.18. The van der Waals surface area contributed by atoms with E-state index in [2.05, 4.69) is 5.32 Å². The zero-order valence-corrected chi connectivity index (χ0v) is 14.2. The lowest BCUT2D eigenvalue weighted by Gasteiger charge is -2.26. The van der Waals surface area contributed by atoms with E-state index in [0.29, 0.717) is 30.0 Å². The lowest BCUT2D eigenvalue weighted by Crippen LogP contribution is -2.42. The van der Waals surface area contributed by atoms with Crippen molar-refractivity contribution in [3.63, 3.8) is 0 Å². The summed E-state index contributed by atoms with van der Waals surface area (Å²) in [6.45, 7) is 1.01. The standard InChI is InChI=1S/C15H22N2O5S/c1-21-12-6-5-7-13(22-2)14(12)15(18)16-8-10-17-9-3-4-11-23(17,19)20/h5-7H,3-4,8-11H2,1-2H3,(H,16,18). The summed E-state index contributed by atoms with van der Waals surface area (Å²) in [5, 5.41) is 2.73. The summed E-state index contributed by atoms with van der Waals surface area (Å²) in [7, 11) is -0.223. The maximum atomic E-state index is 12.4. The van der Waals surface area contributed by atoms with E-state index in [9.17, 15) is 13.2 Å². The van der Waals surface area contributed by atoms with Crippen molar-refractivity contribution in [3.8, 4) is 11.5 Å². The van der Waals surface area contributed by atoms with Crippen molar-refractivity contribution in [1.29, 1.82) is 0 Å². The molecule has 128 valence electrons. The van der Waals surface area contributed by atoms with Crippen LogP contribution in [0, 0.1) is 0 Å². The molecule has 1 amide bonds. The van der Waals surface area contributed by atoms with Crippen molar-refractivity contribution in [3.05, 3.63) is 23.8 Å². The zero-order valence-electron chi connectivity index (χ0n) is 13.4. The molecule has 1 N–H and O–H groups in total. The van der Waals surface area contributed by atoms with E-state index in [0.717, 1.165) is 6.42 Å². The van der Waals surface area contributed by atoms with Crippen LogP contribution < -0.4 is 14.8 Å². The Balaban J connectivity index is 2.00. The van der Waals surface area contributed by atoms with E-state index in [1.807, 2.05) is 0 Å². The van der Waals surface area contributed by atoms with Gasteiger partial charge >= 0.3 is 0 Å². The van der Waals surface area contributed by atoms with Gasteiger partial charge in [0.2, 0.25) is 10.0 Å². The number of ether oxygens (including phenoxy) is 2. The number of rotatable bonds is 6. The third-order valence-corrected chi connectivity index (χ3v) is 5.71. The molecule has 1 fully saturated rings. The van der Waals surface area contributed by atoms with E-state index < -0.39 is 10.0 Å². The zero-order chi connectivity index (χ0) is 16.9. The number of nitrogens with one attached hydrogen (secondary N) is 1. The molecule has 23 heavy (non-hydrogen) atoms. The third-order valence-electron chi connectivity index (χ3n) is 3.75. The number of nitrogens with zero attached hydrogens (tertiary/aromatic N) is 1. The quantitative estimate of drug-likeness (QED) is 0.829. The van der Waals surface area contributed by atoms with Crippen molar-refractivity contribution < 1.29 is 22.7 Å². The van der Waals surface area contributed by atoms with Crippen LogP contribution in [0.4, 0.5) is 0 Å². The fourth-order valence-corrected chi connectivity index (χ4v) is 4.15. The predicted octanol–water partition coefficient (Wildman–Crippen LogP) is 0.859. The highest BCUT2D eigenvalue weighted by Gasteiger charge is 2.25. The van der Waals surface area contributed by atoms with Gasteiger partial charge in [0, 0.05) is 19.6 Å². The van der Waals surface area contributed by atoms with E-state index in [-0.39, 0.29) is 24.7 Å². The molecule has 2 rings (SSSR count). The van der Waals surface area contributed by atoms with Gasteiger partial charge in [-0.25, -0.2) is 12.7 Å². The Morgan fingerprint density at radius 2 is 1.87 bits per heavy atom. The number of methoxy groups -OCH3 is 2. The smallest absolute Gasteiger partial charge is 0.258 e. The predicted molar refractivity (Wildman–Crippen MR) is 86.5 cm³/mol. The summed E-state index contributed by atoms with van der Waals surface area (Å²) in [4.78, 5) is 12.4. The molecule has 0 aromatic heterocycles. The van der Waals surface area contributed by atoms with Gasteiger partial charge in [-0.1, -0.05) is 6.07 Å². The van der Waals surface area contributed by atoms with Gasteiger partial charge in [0.1, 0.15) is 17.1 Å². The van der Waals surface area contributed by atoms with Crippen molar-refractivity contribution in [1.82, 2.24) is 9.62 Å². The number of benzene rings is 1. The maximum absolute atomic E-state index is 12.4. The van der Waals surface area contributed by atoms with E-state index in [1.54, 1.807) is 18.2 Å². The summed E-state index contributed by atoms with van der Waals surface area (Å²) in [5.74, 6) is 0.648. The van der Waals surface area contributed by atoms with Gasteiger partial charge in [-0.3, -0.25) is 4.79 Å². The van der Waals surface area contributed by atoms with Crippen LogP contribution in [0.1, 0.15) is 23.2 Å². The molecular weight excluding hydrogens is 320 g/mol. The fourth-order valence-electron chi connectivity index (χ4n) is 2.55. The molecule has 0 unspecified atom stereocenters. The molecule has 0 spiro atoms. The molecule has 0 radical (unpaired) electrons. The second-order valence-corrected chi connectivity index (χ2v) is 7.30. The molecule has 1 aromatic rings. The van der Waals surface area contributed by atoms with Gasteiger partial charge in [-0.05, 0) is 25.0 Å². The lowest BCUT2D eigenvalue weighted by molar-refractivity contribution is 0.0945. The molecular formula is C15H22N2O5S. The molecule has 1 aromatic carbocycles. The van der Waals surface area contributed by atoms with Gasteiger partial charge in [0.15, 0.2) is 0 Å². The monoisotopic (exact) mass is 342 g/mol. The number of carbonyl (C=O) groups excluding carboxylic acids is 1. The Morgan fingerprint density at radius 1 is 1.22 bits per heavy atom. The minimum absolute atomic E-state index is 0.182. The van der Waals surface area contributed by atoms with Crippen LogP contribution in [0.15, 0.2) is 18.2 Å². The largest absolute Gasteiger partial charge is 0.496 e. The van der Waals surface area contributed by atoms with Crippen LogP contribution in [0.2, 0.25) is 0 Å². The van der Waals surface area contributed by atoms with Crippen LogP contribution in [0.25, 0.3) is 0 Å². The second kappa shape index (κ2) is 7.65. The summed E-state index contributed by atoms with van der Waals surface area (Å²) < 4.78 is 35.6. The first kappa shape index (κ1) is 17.6. The maximum Gasteiger partial charge on any atom is 0.258 e. The molecule has 1 aliphatic rings. The number of sulfonamides is 1. The first-order valence-electron chi connectivity index (χ1n) is 7.46. The first-order chi connectivity index (χ1) is 11.0. The normalized spacial score (nSPS) is 17.5. The average Bonchev–Trinajstić information content (AvgIpc) is 2.55. The summed E-state index contributed by atoms with van der Waals surface area (Å²) in [6.07, 6.45) is 1.55. The van der Waals surface area contributed by atoms with Gasteiger partial charge in [-0.2, -0.15) is 0 Å². The third kappa shape index (κ3) is 4.14. The number of hydrogen-bond acceptors (Lipinski definition) is 5. The van der Waals surface area contributed by atoms with Crippen LogP contribution >= 0.6 is 0 Å². The van der Waals surface area contributed by atoms with Gasteiger partial charge in [0.25, 0.3) is 5.91 Å². The number of hydrogen-bond donors (Lipinski definition) is 1. The molecule has 1 saturated heterocycles. The Morgan fingerprint density at radius 3 is 2.43 bits per heavy atom. The van der Waals surface area contributed by atoms with Crippen molar-refractivity contribution in [2.75, 3.05) is 39.6 Å². The molecule has 8 heteroatoms. The Labute approximate surface area is 136 Å². The van der Waals surface area contributed by atoms with Crippen molar-refractivity contribution in [2.45, 2.75) is 12.8 Å². The van der Waals surface area contributed by atoms with Crippen molar-refractivity contribution >= 4 is 15.9 Å². The molecule has 1 aliphatic heterocycles. The first-order valence-corrected chi connectivity index (χ1v) is 9.07. The number of amides is 1. The molecule has 0 bridgehead atoms. The minimum Gasteiger partial charge on any atom is -0.496 e. The van der Waals surface area contributed by atoms with Crippen LogP contribution in [-0.4, -0.2) is 58.2 Å². The highest BCUT2D eigenvalue weighted by molar-refractivity contribution is 7.89. The Kier molecular flexibility index (Phi) is 5.84. The topological polar surface area (TPSA) is 84.9 Å². The van der Waals surface area contributed by atoms with Gasteiger partial charge in [-0.15, -0.1) is 0 Å². The molecule has 1 heterocycles. The van der Waals surface area contributed by atoms with Gasteiger partial charge < -0.3 is 14.8 Å².